The molecule has 0 saturated heterocycles. The van der Waals surface area contributed by atoms with E-state index in [0.29, 0.717) is 11.7 Å². The maximum absolute atomic E-state index is 12.8. The maximum Gasteiger partial charge on any atom is 0.270 e. The first-order valence-electron chi connectivity index (χ1n) is 7.86. The molecule has 9 nitrogen and oxygen atoms in total. The Labute approximate surface area is 153 Å². The quantitative estimate of drug-likeness (QED) is 0.333. The van der Waals surface area contributed by atoms with E-state index in [9.17, 15) is 18.5 Å². The van der Waals surface area contributed by atoms with Crippen molar-refractivity contribution < 1.29 is 13.3 Å². The third-order valence-electron chi connectivity index (χ3n) is 3.35. The molecule has 0 bridgehead atoms. The van der Waals surface area contributed by atoms with E-state index >= 15 is 0 Å². The van der Waals surface area contributed by atoms with Crippen LogP contribution in [0.5, 0.6) is 0 Å². The molecule has 0 amide bonds. The van der Waals surface area contributed by atoms with E-state index in [2.05, 4.69) is 16.2 Å². The van der Waals surface area contributed by atoms with Gasteiger partial charge in [-0.05, 0) is 24.7 Å². The lowest BCUT2D eigenvalue weighted by Crippen LogP contribution is -2.39. The summed E-state index contributed by atoms with van der Waals surface area (Å²) in [6, 6.07) is 3.61. The molecule has 0 radical (unpaired) electrons. The van der Waals surface area contributed by atoms with Crippen molar-refractivity contribution >= 4 is 38.7 Å². The van der Waals surface area contributed by atoms with Crippen LogP contribution < -0.4 is 16.2 Å². The van der Waals surface area contributed by atoms with Crippen molar-refractivity contribution in [2.24, 2.45) is 0 Å². The smallest absolute Gasteiger partial charge is 0.270 e. The monoisotopic (exact) mass is 389 g/mol. The van der Waals surface area contributed by atoms with Crippen LogP contribution in [0.3, 0.4) is 0 Å². The molecule has 140 valence electrons. The van der Waals surface area contributed by atoms with Gasteiger partial charge in [0.1, 0.15) is 4.90 Å². The summed E-state index contributed by atoms with van der Waals surface area (Å²) in [5, 5.41) is 14.2. The second-order valence-electron chi connectivity index (χ2n) is 5.03. The molecule has 1 rings (SSSR count). The predicted octanol–water partition coefficient (Wildman–Crippen LogP) is 1.83. The van der Waals surface area contributed by atoms with E-state index in [-0.39, 0.29) is 29.4 Å². The molecule has 0 aliphatic carbocycles. The minimum absolute atomic E-state index is 0.179. The van der Waals surface area contributed by atoms with Gasteiger partial charge >= 0.3 is 0 Å². The van der Waals surface area contributed by atoms with Crippen LogP contribution in [0.1, 0.15) is 27.2 Å². The third-order valence-corrected chi connectivity index (χ3v) is 5.68. The first kappa shape index (κ1) is 21.1. The number of hydrogen-bond donors (Lipinski definition) is 3. The van der Waals surface area contributed by atoms with Crippen LogP contribution in [-0.4, -0.2) is 42.4 Å². The van der Waals surface area contributed by atoms with E-state index in [1.54, 1.807) is 13.8 Å². The highest BCUT2D eigenvalue weighted by atomic mass is 32.2. The fraction of sp³-hybridized carbons (Fsp3) is 0.500. The van der Waals surface area contributed by atoms with Gasteiger partial charge in [-0.25, -0.2) is 8.42 Å². The molecular weight excluding hydrogens is 366 g/mol. The fourth-order valence-corrected chi connectivity index (χ4v) is 3.83. The van der Waals surface area contributed by atoms with Gasteiger partial charge in [0.2, 0.25) is 10.0 Å². The lowest BCUT2D eigenvalue weighted by Gasteiger charge is -2.21. The molecule has 1 aromatic carbocycles. The Bertz CT molecular complexity index is 720. The number of anilines is 1. The van der Waals surface area contributed by atoms with Crippen molar-refractivity contribution in [3.8, 4) is 0 Å². The highest BCUT2D eigenvalue weighted by Crippen LogP contribution is 2.28. The summed E-state index contributed by atoms with van der Waals surface area (Å²) in [7, 11) is -3.89. The molecule has 0 saturated carbocycles. The molecule has 11 heteroatoms. The maximum atomic E-state index is 12.8. The molecule has 0 fully saturated rings. The molecule has 25 heavy (non-hydrogen) atoms. The van der Waals surface area contributed by atoms with E-state index in [1.165, 1.54) is 16.4 Å². The SMILES string of the molecule is CCCNC(=S)NNc1ccc([N+](=O)[O-])cc1S(=O)(=O)N(CC)CC. The Kier molecular flexibility index (Phi) is 8.00. The first-order chi connectivity index (χ1) is 11.8. The number of nitrogens with zero attached hydrogens (tertiary/aromatic N) is 2. The zero-order valence-electron chi connectivity index (χ0n) is 14.4. The summed E-state index contributed by atoms with van der Waals surface area (Å²) in [5.41, 5.74) is 5.28. The van der Waals surface area contributed by atoms with Crippen LogP contribution in [0.2, 0.25) is 0 Å². The van der Waals surface area contributed by atoms with Crippen molar-refractivity contribution in [1.82, 2.24) is 15.0 Å². The lowest BCUT2D eigenvalue weighted by molar-refractivity contribution is -0.385. The van der Waals surface area contributed by atoms with Crippen LogP contribution in [0, 0.1) is 10.1 Å². The van der Waals surface area contributed by atoms with Gasteiger partial charge < -0.3 is 5.32 Å². The Morgan fingerprint density at radius 1 is 1.28 bits per heavy atom. The Morgan fingerprint density at radius 2 is 1.92 bits per heavy atom. The summed E-state index contributed by atoms with van der Waals surface area (Å²) in [6.45, 7) is 6.56. The number of nitrogens with one attached hydrogen (secondary N) is 3. The second-order valence-corrected chi connectivity index (χ2v) is 7.35. The molecule has 0 aliphatic heterocycles. The van der Waals surface area contributed by atoms with Crippen LogP contribution in [-0.2, 0) is 10.0 Å². The summed E-state index contributed by atoms with van der Waals surface area (Å²) in [4.78, 5) is 10.2. The van der Waals surface area contributed by atoms with Crippen molar-refractivity contribution in [3.63, 3.8) is 0 Å². The van der Waals surface area contributed by atoms with Crippen molar-refractivity contribution in [2.75, 3.05) is 25.1 Å². The van der Waals surface area contributed by atoms with Gasteiger partial charge in [-0.2, -0.15) is 4.31 Å². The molecule has 0 aliphatic rings. The molecule has 0 atom stereocenters. The van der Waals surface area contributed by atoms with Crippen LogP contribution in [0.25, 0.3) is 0 Å². The van der Waals surface area contributed by atoms with Crippen LogP contribution in [0.4, 0.5) is 11.4 Å². The van der Waals surface area contributed by atoms with Crippen molar-refractivity contribution in [2.45, 2.75) is 32.1 Å². The number of benzene rings is 1. The summed E-state index contributed by atoms with van der Waals surface area (Å²) in [6.07, 6.45) is 0.876. The molecule has 1 aromatic rings. The summed E-state index contributed by atoms with van der Waals surface area (Å²) in [5.74, 6) is 0. The molecule has 3 N–H and O–H groups in total. The highest BCUT2D eigenvalue weighted by molar-refractivity contribution is 7.89. The molecule has 0 unspecified atom stereocenters. The standard InChI is InChI=1S/C14H23N5O4S2/c1-4-9-15-14(24)17-16-12-8-7-11(19(20)21)10-13(12)25(22,23)18(5-2)6-3/h7-8,10,16H,4-6,9H2,1-3H3,(H2,15,17,24). The highest BCUT2D eigenvalue weighted by Gasteiger charge is 2.27. The zero-order valence-corrected chi connectivity index (χ0v) is 16.0. The Hall–Kier alpha value is -1.98. The van der Waals surface area contributed by atoms with Gasteiger partial charge in [0.25, 0.3) is 5.69 Å². The fourth-order valence-electron chi connectivity index (χ4n) is 2.05. The average molecular weight is 390 g/mol. The molecule has 0 spiro atoms. The lowest BCUT2D eigenvalue weighted by atomic mass is 10.3. The van der Waals surface area contributed by atoms with Gasteiger partial charge in [-0.3, -0.25) is 21.0 Å². The zero-order chi connectivity index (χ0) is 19.0. The Balaban J connectivity index is 3.21. The average Bonchev–Trinajstić information content (AvgIpc) is 2.58. The first-order valence-corrected chi connectivity index (χ1v) is 9.71. The minimum atomic E-state index is -3.89. The normalized spacial score (nSPS) is 11.2. The van der Waals surface area contributed by atoms with Crippen molar-refractivity contribution in [3.05, 3.63) is 28.3 Å². The second kappa shape index (κ2) is 9.49. The number of sulfonamides is 1. The molecular formula is C14H23N5O4S2. The largest absolute Gasteiger partial charge is 0.361 e. The number of hydrazine groups is 1. The van der Waals surface area contributed by atoms with Crippen LogP contribution in [0.15, 0.2) is 23.1 Å². The predicted molar refractivity (Wildman–Crippen MR) is 101 cm³/mol. The number of thiocarbonyl (C=S) groups is 1. The van der Waals surface area contributed by atoms with Gasteiger partial charge in [0, 0.05) is 31.8 Å². The van der Waals surface area contributed by atoms with Gasteiger partial charge in [-0.15, -0.1) is 0 Å². The summed E-state index contributed by atoms with van der Waals surface area (Å²) >= 11 is 5.07. The van der Waals surface area contributed by atoms with E-state index < -0.39 is 14.9 Å². The minimum Gasteiger partial charge on any atom is -0.361 e. The number of non-ortho nitro benzene ring substituents is 1. The van der Waals surface area contributed by atoms with Gasteiger partial charge in [0.15, 0.2) is 5.11 Å². The van der Waals surface area contributed by atoms with Gasteiger partial charge in [-0.1, -0.05) is 20.8 Å². The molecule has 0 heterocycles. The number of nitro benzene ring substituents is 1. The number of nitro groups is 1. The molecule has 0 aromatic heterocycles. The third kappa shape index (κ3) is 5.51. The van der Waals surface area contributed by atoms with E-state index in [1.807, 2.05) is 6.92 Å². The topological polar surface area (TPSA) is 117 Å². The van der Waals surface area contributed by atoms with Crippen LogP contribution >= 0.6 is 12.2 Å². The number of rotatable bonds is 9. The summed E-state index contributed by atoms with van der Waals surface area (Å²) < 4.78 is 26.8. The number of hydrogen-bond acceptors (Lipinski definition) is 6. The Morgan fingerprint density at radius 3 is 2.44 bits per heavy atom. The van der Waals surface area contributed by atoms with Crippen molar-refractivity contribution in [1.29, 1.82) is 0 Å². The van der Waals surface area contributed by atoms with Gasteiger partial charge in [0.05, 0.1) is 10.6 Å². The van der Waals surface area contributed by atoms with E-state index in [4.69, 9.17) is 12.2 Å². The van der Waals surface area contributed by atoms with E-state index in [0.717, 1.165) is 12.5 Å².